The average molecular weight is 276 g/mol. The lowest BCUT2D eigenvalue weighted by atomic mass is 10.2. The molecule has 0 bridgehead atoms. The molecule has 1 saturated heterocycles. The Hall–Kier alpha value is -1.59. The van der Waals surface area contributed by atoms with Gasteiger partial charge >= 0.3 is 0 Å². The van der Waals surface area contributed by atoms with Crippen LogP contribution < -0.4 is 10.5 Å². The van der Waals surface area contributed by atoms with Gasteiger partial charge in [-0.1, -0.05) is 19.6 Å². The van der Waals surface area contributed by atoms with Crippen LogP contribution in [0.3, 0.4) is 0 Å². The minimum Gasteiger partial charge on any atom is -0.489 e. The summed E-state index contributed by atoms with van der Waals surface area (Å²) in [6.45, 7) is 12.8. The fraction of sp³-hybridized carbons (Fsp3) is 0.533. The van der Waals surface area contributed by atoms with E-state index in [-0.39, 0.29) is 0 Å². The Morgan fingerprint density at radius 3 is 2.70 bits per heavy atom. The van der Waals surface area contributed by atoms with Crippen molar-refractivity contribution in [3.8, 4) is 5.75 Å². The summed E-state index contributed by atoms with van der Waals surface area (Å²) in [5.74, 6) is 1.30. The van der Waals surface area contributed by atoms with E-state index in [0.717, 1.165) is 50.6 Å². The molecule has 5 heteroatoms. The van der Waals surface area contributed by atoms with E-state index in [1.807, 2.05) is 6.20 Å². The molecular formula is C15H24N4O. The van der Waals surface area contributed by atoms with Crippen molar-refractivity contribution >= 4 is 5.82 Å². The van der Waals surface area contributed by atoms with Gasteiger partial charge in [-0.25, -0.2) is 4.98 Å². The molecule has 2 rings (SSSR count). The third-order valence-corrected chi connectivity index (χ3v) is 3.63. The highest BCUT2D eigenvalue weighted by Gasteiger charge is 2.17. The van der Waals surface area contributed by atoms with E-state index in [1.54, 1.807) is 12.1 Å². The fourth-order valence-corrected chi connectivity index (χ4v) is 2.39. The predicted molar refractivity (Wildman–Crippen MR) is 81.7 cm³/mol. The number of ether oxygens (including phenoxy) is 1. The number of piperazine rings is 1. The van der Waals surface area contributed by atoms with Gasteiger partial charge in [0.05, 0.1) is 0 Å². The van der Waals surface area contributed by atoms with Crippen molar-refractivity contribution in [3.05, 3.63) is 30.5 Å². The highest BCUT2D eigenvalue weighted by Crippen LogP contribution is 2.22. The molecule has 0 aromatic carbocycles. The zero-order chi connectivity index (χ0) is 14.4. The van der Waals surface area contributed by atoms with Gasteiger partial charge in [0.25, 0.3) is 0 Å². The maximum Gasteiger partial charge on any atom is 0.129 e. The molecule has 0 amide bonds. The van der Waals surface area contributed by atoms with Gasteiger partial charge in [-0.2, -0.15) is 0 Å². The van der Waals surface area contributed by atoms with Crippen LogP contribution in [0.25, 0.3) is 0 Å². The number of nitrogens with two attached hydrogens (primary N) is 1. The summed E-state index contributed by atoms with van der Waals surface area (Å²) >= 11 is 0. The van der Waals surface area contributed by atoms with Crippen molar-refractivity contribution in [1.82, 2.24) is 14.8 Å². The summed E-state index contributed by atoms with van der Waals surface area (Å²) in [7, 11) is 0. The van der Waals surface area contributed by atoms with Gasteiger partial charge in [-0.05, 0) is 6.54 Å². The maximum atomic E-state index is 5.73. The van der Waals surface area contributed by atoms with Gasteiger partial charge in [0, 0.05) is 50.6 Å². The van der Waals surface area contributed by atoms with E-state index < -0.39 is 0 Å². The number of anilines is 1. The van der Waals surface area contributed by atoms with Gasteiger partial charge in [0.15, 0.2) is 0 Å². The van der Waals surface area contributed by atoms with Gasteiger partial charge < -0.3 is 15.4 Å². The van der Waals surface area contributed by atoms with Crippen LogP contribution >= 0.6 is 0 Å². The lowest BCUT2D eigenvalue weighted by Gasteiger charge is -2.34. The molecule has 0 aliphatic carbocycles. The first-order valence-electron chi connectivity index (χ1n) is 7.15. The minimum absolute atomic E-state index is 0.486. The molecule has 2 N–H and O–H groups in total. The van der Waals surface area contributed by atoms with E-state index in [4.69, 9.17) is 10.5 Å². The van der Waals surface area contributed by atoms with Crippen molar-refractivity contribution in [3.63, 3.8) is 0 Å². The van der Waals surface area contributed by atoms with Crippen molar-refractivity contribution in [2.24, 2.45) is 0 Å². The molecule has 0 unspecified atom stereocenters. The van der Waals surface area contributed by atoms with Crippen molar-refractivity contribution in [2.75, 3.05) is 45.1 Å². The summed E-state index contributed by atoms with van der Waals surface area (Å²) in [5, 5.41) is 0. The van der Waals surface area contributed by atoms with E-state index in [0.29, 0.717) is 12.4 Å². The van der Waals surface area contributed by atoms with Crippen LogP contribution in [0.2, 0.25) is 0 Å². The number of nitrogen functional groups attached to an aromatic ring is 1. The normalized spacial score (nSPS) is 17.1. The lowest BCUT2D eigenvalue weighted by Crippen LogP contribution is -2.45. The van der Waals surface area contributed by atoms with Crippen LogP contribution in [0.4, 0.5) is 5.82 Å². The molecular weight excluding hydrogens is 252 g/mol. The quantitative estimate of drug-likeness (QED) is 0.795. The molecule has 2 heterocycles. The predicted octanol–water partition coefficient (Wildman–Crippen LogP) is 1.37. The van der Waals surface area contributed by atoms with E-state index >= 15 is 0 Å². The topological polar surface area (TPSA) is 54.6 Å². The molecule has 20 heavy (non-hydrogen) atoms. The van der Waals surface area contributed by atoms with E-state index in [9.17, 15) is 0 Å². The van der Waals surface area contributed by atoms with Gasteiger partial charge in [-0.15, -0.1) is 0 Å². The Morgan fingerprint density at radius 1 is 1.35 bits per heavy atom. The van der Waals surface area contributed by atoms with Crippen LogP contribution in [0.15, 0.2) is 24.9 Å². The molecule has 1 aliphatic rings. The molecule has 0 radical (unpaired) electrons. The maximum absolute atomic E-state index is 5.73. The second-order valence-corrected chi connectivity index (χ2v) is 5.03. The van der Waals surface area contributed by atoms with E-state index in [1.165, 1.54) is 0 Å². The summed E-state index contributed by atoms with van der Waals surface area (Å²) in [6.07, 6.45) is 3.56. The van der Waals surface area contributed by atoms with Crippen LogP contribution in [0.5, 0.6) is 5.75 Å². The number of pyridine rings is 1. The Bertz CT molecular complexity index is 441. The smallest absolute Gasteiger partial charge is 0.129 e. The minimum atomic E-state index is 0.486. The largest absolute Gasteiger partial charge is 0.489 e. The molecule has 1 aromatic heterocycles. The van der Waals surface area contributed by atoms with Crippen LogP contribution in [0.1, 0.15) is 12.5 Å². The highest BCUT2D eigenvalue weighted by atomic mass is 16.5. The number of rotatable bonds is 6. The third kappa shape index (κ3) is 3.95. The standard InChI is InChI=1S/C15H24N4O/c1-3-9-20-14-10-15(16)17-11-13(14)12-19-7-5-18(4-2)6-8-19/h3,10-11H,1,4-9,12H2,2H3,(H2,16,17). The molecule has 110 valence electrons. The zero-order valence-corrected chi connectivity index (χ0v) is 12.2. The van der Waals surface area contributed by atoms with Gasteiger partial charge in [0.1, 0.15) is 18.2 Å². The monoisotopic (exact) mass is 276 g/mol. The van der Waals surface area contributed by atoms with Crippen molar-refractivity contribution in [2.45, 2.75) is 13.5 Å². The highest BCUT2D eigenvalue weighted by molar-refractivity contribution is 5.42. The molecule has 1 aromatic rings. The van der Waals surface area contributed by atoms with Crippen LogP contribution in [-0.2, 0) is 6.54 Å². The molecule has 1 aliphatic heterocycles. The first-order chi connectivity index (χ1) is 9.72. The molecule has 0 atom stereocenters. The SMILES string of the molecule is C=CCOc1cc(N)ncc1CN1CCN(CC)CC1. The second kappa shape index (κ2) is 7.26. The first kappa shape index (κ1) is 14.8. The third-order valence-electron chi connectivity index (χ3n) is 3.63. The molecule has 0 spiro atoms. The second-order valence-electron chi connectivity index (χ2n) is 5.03. The Kier molecular flexibility index (Phi) is 5.38. The molecule has 1 fully saturated rings. The summed E-state index contributed by atoms with van der Waals surface area (Å²) in [6, 6.07) is 1.79. The average Bonchev–Trinajstić information content (AvgIpc) is 2.48. The van der Waals surface area contributed by atoms with Gasteiger partial charge in [-0.3, -0.25) is 4.90 Å². The fourth-order valence-electron chi connectivity index (χ4n) is 2.39. The lowest BCUT2D eigenvalue weighted by molar-refractivity contribution is 0.131. The first-order valence-corrected chi connectivity index (χ1v) is 7.15. The van der Waals surface area contributed by atoms with Crippen LogP contribution in [-0.4, -0.2) is 54.1 Å². The zero-order valence-electron chi connectivity index (χ0n) is 12.2. The van der Waals surface area contributed by atoms with Crippen molar-refractivity contribution in [1.29, 1.82) is 0 Å². The van der Waals surface area contributed by atoms with Gasteiger partial charge in [0.2, 0.25) is 0 Å². The van der Waals surface area contributed by atoms with Crippen molar-refractivity contribution < 1.29 is 4.74 Å². The summed E-state index contributed by atoms with van der Waals surface area (Å²) < 4.78 is 5.68. The Labute approximate surface area is 121 Å². The number of nitrogens with zero attached hydrogens (tertiary/aromatic N) is 3. The Balaban J connectivity index is 1.99. The number of hydrogen-bond acceptors (Lipinski definition) is 5. The molecule has 0 saturated carbocycles. The Morgan fingerprint density at radius 2 is 2.05 bits per heavy atom. The van der Waals surface area contributed by atoms with E-state index in [2.05, 4.69) is 28.3 Å². The number of aromatic nitrogens is 1. The van der Waals surface area contributed by atoms with Crippen LogP contribution in [0, 0.1) is 0 Å². The summed E-state index contributed by atoms with van der Waals surface area (Å²) in [5.41, 5.74) is 6.82. The number of hydrogen-bond donors (Lipinski definition) is 1. The molecule has 5 nitrogen and oxygen atoms in total. The summed E-state index contributed by atoms with van der Waals surface area (Å²) in [4.78, 5) is 9.08. The number of likely N-dealkylation sites (N-methyl/N-ethyl adjacent to an activating group) is 1.